The summed E-state index contributed by atoms with van der Waals surface area (Å²) in [5, 5.41) is 3.40. The lowest BCUT2D eigenvalue weighted by atomic mass is 10.1. The van der Waals surface area contributed by atoms with Gasteiger partial charge in [0.15, 0.2) is 4.34 Å². The minimum absolute atomic E-state index is 0.112. The summed E-state index contributed by atoms with van der Waals surface area (Å²) < 4.78 is 18.7. The summed E-state index contributed by atoms with van der Waals surface area (Å²) in [5.41, 5.74) is 1.63. The van der Waals surface area contributed by atoms with Crippen molar-refractivity contribution in [2.24, 2.45) is 0 Å². The van der Waals surface area contributed by atoms with E-state index in [9.17, 15) is 4.39 Å². The van der Waals surface area contributed by atoms with Gasteiger partial charge in [-0.1, -0.05) is 18.7 Å². The van der Waals surface area contributed by atoms with E-state index in [1.807, 2.05) is 6.07 Å². The van der Waals surface area contributed by atoms with E-state index in [4.69, 9.17) is 0 Å². The average molecular weight is 311 g/mol. The minimum atomic E-state index is -0.160. The summed E-state index contributed by atoms with van der Waals surface area (Å²) in [6.07, 6.45) is 2.60. The topological polar surface area (TPSA) is 37.8 Å². The highest BCUT2D eigenvalue weighted by molar-refractivity contribution is 8.01. The second kappa shape index (κ2) is 7.15. The Hall–Kier alpha value is -0.980. The second-order valence-corrected chi connectivity index (χ2v) is 6.69. The molecule has 3 nitrogen and oxygen atoms in total. The Morgan fingerprint density at radius 2 is 2.25 bits per heavy atom. The molecule has 6 heteroatoms. The molecule has 0 bridgehead atoms. The Kier molecular flexibility index (Phi) is 5.51. The van der Waals surface area contributed by atoms with E-state index in [0.29, 0.717) is 5.56 Å². The molecule has 20 heavy (non-hydrogen) atoms. The average Bonchev–Trinajstić information content (AvgIpc) is 2.92. The molecule has 1 unspecified atom stereocenters. The van der Waals surface area contributed by atoms with Gasteiger partial charge in [-0.15, -0.1) is 0 Å². The van der Waals surface area contributed by atoms with Crippen LogP contribution < -0.4 is 5.32 Å². The van der Waals surface area contributed by atoms with Crippen LogP contribution in [0.2, 0.25) is 0 Å². The fraction of sp³-hybridized carbons (Fsp3) is 0.429. The first-order valence-corrected chi connectivity index (χ1v) is 8.18. The molecule has 0 fully saturated rings. The summed E-state index contributed by atoms with van der Waals surface area (Å²) in [4.78, 5) is 5.22. The van der Waals surface area contributed by atoms with Crippen molar-refractivity contribution in [3.8, 4) is 0 Å². The zero-order valence-corrected chi connectivity index (χ0v) is 13.4. The first-order valence-electron chi connectivity index (χ1n) is 6.59. The molecule has 0 spiro atoms. The van der Waals surface area contributed by atoms with Gasteiger partial charge in [-0.25, -0.2) is 9.37 Å². The van der Waals surface area contributed by atoms with Gasteiger partial charge in [-0.05, 0) is 61.6 Å². The van der Waals surface area contributed by atoms with Gasteiger partial charge in [0.05, 0.1) is 0 Å². The van der Waals surface area contributed by atoms with Gasteiger partial charge in [0.25, 0.3) is 0 Å². The van der Waals surface area contributed by atoms with E-state index in [1.165, 1.54) is 11.5 Å². The van der Waals surface area contributed by atoms with E-state index in [2.05, 4.69) is 28.5 Å². The normalized spacial score (nSPS) is 12.6. The number of nitrogens with one attached hydrogen (secondary N) is 1. The van der Waals surface area contributed by atoms with Crippen molar-refractivity contribution in [1.29, 1.82) is 0 Å². The lowest BCUT2D eigenvalue weighted by Gasteiger charge is -2.18. The van der Waals surface area contributed by atoms with Gasteiger partial charge in [0, 0.05) is 10.9 Å². The van der Waals surface area contributed by atoms with Gasteiger partial charge < -0.3 is 5.32 Å². The van der Waals surface area contributed by atoms with Crippen molar-refractivity contribution in [2.75, 3.05) is 6.54 Å². The third kappa shape index (κ3) is 3.77. The lowest BCUT2D eigenvalue weighted by molar-refractivity contribution is 0.552. The Balaban J connectivity index is 2.30. The SMILES string of the molecule is CCCNC(C)c1cc(F)c(C)cc1Sc1ncns1. The third-order valence-electron chi connectivity index (χ3n) is 3.00. The van der Waals surface area contributed by atoms with Gasteiger partial charge in [0.1, 0.15) is 12.1 Å². The molecule has 1 N–H and O–H groups in total. The smallest absolute Gasteiger partial charge is 0.174 e. The Bertz CT molecular complexity index is 558. The molecule has 0 saturated carbocycles. The summed E-state index contributed by atoms with van der Waals surface area (Å²) in [7, 11) is 0. The standard InChI is InChI=1S/C14H18FN3S2/c1-4-5-16-10(3)11-7-12(15)9(2)6-13(11)19-14-17-8-18-20-14/h6-8,10,16H,4-5H2,1-3H3. The van der Waals surface area contributed by atoms with Crippen LogP contribution in [0.25, 0.3) is 0 Å². The van der Waals surface area contributed by atoms with E-state index in [0.717, 1.165) is 27.8 Å². The molecule has 0 amide bonds. The molecule has 1 atom stereocenters. The number of halogens is 1. The number of aromatic nitrogens is 2. The molecule has 2 aromatic rings. The van der Waals surface area contributed by atoms with Crippen molar-refractivity contribution in [2.45, 2.75) is 42.5 Å². The molecule has 1 heterocycles. The number of hydrogen-bond donors (Lipinski definition) is 1. The Labute approximate surface area is 127 Å². The molecule has 1 aromatic heterocycles. The van der Waals surface area contributed by atoms with Crippen LogP contribution >= 0.6 is 23.3 Å². The summed E-state index contributed by atoms with van der Waals surface area (Å²) in [6, 6.07) is 3.63. The highest BCUT2D eigenvalue weighted by Crippen LogP contribution is 2.35. The van der Waals surface area contributed by atoms with Crippen LogP contribution in [0.3, 0.4) is 0 Å². The Morgan fingerprint density at radius 3 is 2.90 bits per heavy atom. The predicted octanol–water partition coefficient (Wildman–Crippen LogP) is 4.20. The van der Waals surface area contributed by atoms with E-state index >= 15 is 0 Å². The third-order valence-corrected chi connectivity index (χ3v) is 4.78. The Morgan fingerprint density at radius 1 is 1.45 bits per heavy atom. The van der Waals surface area contributed by atoms with Gasteiger partial charge in [-0.2, -0.15) is 4.37 Å². The van der Waals surface area contributed by atoms with Crippen LogP contribution in [0.5, 0.6) is 0 Å². The molecular weight excluding hydrogens is 293 g/mol. The van der Waals surface area contributed by atoms with E-state index in [1.54, 1.807) is 31.1 Å². The minimum Gasteiger partial charge on any atom is -0.310 e. The second-order valence-electron chi connectivity index (χ2n) is 4.62. The van der Waals surface area contributed by atoms with Crippen molar-refractivity contribution < 1.29 is 4.39 Å². The molecular formula is C14H18FN3S2. The van der Waals surface area contributed by atoms with Crippen LogP contribution in [0.15, 0.2) is 27.7 Å². The van der Waals surface area contributed by atoms with E-state index < -0.39 is 0 Å². The monoisotopic (exact) mass is 311 g/mol. The molecule has 0 aliphatic heterocycles. The molecule has 1 aromatic carbocycles. The fourth-order valence-corrected chi connectivity index (χ4v) is 3.57. The van der Waals surface area contributed by atoms with Gasteiger partial charge in [-0.3, -0.25) is 0 Å². The van der Waals surface area contributed by atoms with Crippen LogP contribution in [0, 0.1) is 12.7 Å². The number of benzene rings is 1. The van der Waals surface area contributed by atoms with Crippen molar-refractivity contribution in [3.05, 3.63) is 35.4 Å². The zero-order chi connectivity index (χ0) is 14.5. The van der Waals surface area contributed by atoms with Gasteiger partial charge >= 0.3 is 0 Å². The predicted molar refractivity (Wildman–Crippen MR) is 81.9 cm³/mol. The van der Waals surface area contributed by atoms with Crippen LogP contribution in [-0.4, -0.2) is 15.9 Å². The summed E-state index contributed by atoms with van der Waals surface area (Å²) >= 11 is 2.90. The molecule has 2 rings (SSSR count). The molecule has 108 valence electrons. The molecule has 0 aliphatic rings. The number of aryl methyl sites for hydroxylation is 1. The lowest BCUT2D eigenvalue weighted by Crippen LogP contribution is -2.20. The highest BCUT2D eigenvalue weighted by Gasteiger charge is 2.15. The highest BCUT2D eigenvalue weighted by atomic mass is 32.2. The zero-order valence-electron chi connectivity index (χ0n) is 11.8. The van der Waals surface area contributed by atoms with Crippen LogP contribution in [-0.2, 0) is 0 Å². The fourth-order valence-electron chi connectivity index (χ4n) is 1.87. The first kappa shape index (κ1) is 15.4. The maximum absolute atomic E-state index is 13.9. The summed E-state index contributed by atoms with van der Waals surface area (Å²) in [6.45, 7) is 6.88. The molecule has 0 aliphatic carbocycles. The maximum atomic E-state index is 13.9. The maximum Gasteiger partial charge on any atom is 0.174 e. The van der Waals surface area contributed by atoms with Crippen molar-refractivity contribution in [1.82, 2.24) is 14.7 Å². The van der Waals surface area contributed by atoms with Crippen molar-refractivity contribution in [3.63, 3.8) is 0 Å². The molecule has 0 saturated heterocycles. The quantitative estimate of drug-likeness (QED) is 0.867. The van der Waals surface area contributed by atoms with Crippen molar-refractivity contribution >= 4 is 23.3 Å². The first-order chi connectivity index (χ1) is 9.61. The number of nitrogens with zero attached hydrogens (tertiary/aromatic N) is 2. The molecule has 0 radical (unpaired) electrons. The largest absolute Gasteiger partial charge is 0.310 e. The van der Waals surface area contributed by atoms with Crippen LogP contribution in [0.4, 0.5) is 4.39 Å². The summed E-state index contributed by atoms with van der Waals surface area (Å²) in [5.74, 6) is -0.160. The van der Waals surface area contributed by atoms with Gasteiger partial charge in [0.2, 0.25) is 0 Å². The number of hydrogen-bond acceptors (Lipinski definition) is 5. The van der Waals surface area contributed by atoms with Crippen LogP contribution in [0.1, 0.15) is 37.4 Å². The number of rotatable bonds is 6. The van der Waals surface area contributed by atoms with E-state index in [-0.39, 0.29) is 11.9 Å².